The van der Waals surface area contributed by atoms with Crippen LogP contribution in [0.25, 0.3) is 0 Å². The van der Waals surface area contributed by atoms with E-state index in [1.807, 2.05) is 0 Å². The lowest BCUT2D eigenvalue weighted by atomic mass is 10.0. The van der Waals surface area contributed by atoms with Gasteiger partial charge in [0.1, 0.15) is 11.5 Å². The Labute approximate surface area is 120 Å². The number of hydrogen-bond acceptors (Lipinski definition) is 5. The molecule has 3 N–H and O–H groups in total. The summed E-state index contributed by atoms with van der Waals surface area (Å²) in [4.78, 5) is 8.23. The third-order valence-electron chi connectivity index (χ3n) is 2.87. The molecular weight excluding hydrogens is 283 g/mol. The van der Waals surface area contributed by atoms with Crippen LogP contribution in [-0.2, 0) is 6.42 Å². The smallest absolute Gasteiger partial charge is 0.237 e. The monoisotopic (exact) mass is 296 g/mol. The molecular formula is C13H14ClFN4O. The van der Waals surface area contributed by atoms with Crippen LogP contribution in [0, 0.1) is 5.82 Å². The van der Waals surface area contributed by atoms with E-state index < -0.39 is 11.9 Å². The first-order valence-corrected chi connectivity index (χ1v) is 6.29. The van der Waals surface area contributed by atoms with Gasteiger partial charge in [-0.1, -0.05) is 23.7 Å². The number of aromatic nitrogens is 2. The molecule has 0 saturated carbocycles. The Balaban J connectivity index is 2.31. The highest BCUT2D eigenvalue weighted by Gasteiger charge is 2.20. The highest BCUT2D eigenvalue weighted by molar-refractivity contribution is 6.30. The standard InChI is InChI=1S/C13H14ClFN4O/c1-20-13-12(17-5-6-18-13)10(19-16)7-8-3-2-4-9(14)11(8)15/h2-6,10,19H,7,16H2,1H3. The van der Waals surface area contributed by atoms with Crippen LogP contribution in [0.1, 0.15) is 17.3 Å². The maximum absolute atomic E-state index is 13.9. The summed E-state index contributed by atoms with van der Waals surface area (Å²) in [5.41, 5.74) is 3.55. The number of rotatable bonds is 5. The van der Waals surface area contributed by atoms with Gasteiger partial charge in [-0.25, -0.2) is 9.37 Å². The molecule has 5 nitrogen and oxygen atoms in total. The van der Waals surface area contributed by atoms with E-state index in [9.17, 15) is 4.39 Å². The summed E-state index contributed by atoms with van der Waals surface area (Å²) in [6, 6.07) is 4.39. The molecule has 1 aromatic carbocycles. The summed E-state index contributed by atoms with van der Waals surface area (Å²) in [7, 11) is 1.49. The van der Waals surface area contributed by atoms with E-state index in [2.05, 4.69) is 15.4 Å². The minimum Gasteiger partial charge on any atom is -0.480 e. The van der Waals surface area contributed by atoms with Crippen molar-refractivity contribution in [2.75, 3.05) is 7.11 Å². The van der Waals surface area contributed by atoms with Crippen molar-refractivity contribution in [1.82, 2.24) is 15.4 Å². The summed E-state index contributed by atoms with van der Waals surface area (Å²) in [6.45, 7) is 0. The number of hydrazine groups is 1. The van der Waals surface area contributed by atoms with Crippen molar-refractivity contribution in [2.45, 2.75) is 12.5 Å². The van der Waals surface area contributed by atoms with Crippen LogP contribution in [0.3, 0.4) is 0 Å². The summed E-state index contributed by atoms with van der Waals surface area (Å²) < 4.78 is 19.1. The zero-order valence-corrected chi connectivity index (χ0v) is 11.6. The molecule has 0 amide bonds. The van der Waals surface area contributed by atoms with Gasteiger partial charge in [0.15, 0.2) is 0 Å². The second kappa shape index (κ2) is 6.60. The topological polar surface area (TPSA) is 73.1 Å². The maximum atomic E-state index is 13.9. The van der Waals surface area contributed by atoms with Crippen LogP contribution in [0.5, 0.6) is 5.88 Å². The zero-order valence-electron chi connectivity index (χ0n) is 10.8. The Bertz CT molecular complexity index is 596. The molecule has 20 heavy (non-hydrogen) atoms. The molecule has 0 aliphatic heterocycles. The molecule has 0 spiro atoms. The van der Waals surface area contributed by atoms with Gasteiger partial charge < -0.3 is 4.74 Å². The number of benzene rings is 1. The van der Waals surface area contributed by atoms with Crippen LogP contribution in [-0.4, -0.2) is 17.1 Å². The lowest BCUT2D eigenvalue weighted by molar-refractivity contribution is 0.376. The molecule has 106 valence electrons. The van der Waals surface area contributed by atoms with Gasteiger partial charge >= 0.3 is 0 Å². The van der Waals surface area contributed by atoms with Crippen LogP contribution in [0.2, 0.25) is 5.02 Å². The van der Waals surface area contributed by atoms with E-state index >= 15 is 0 Å². The number of ether oxygens (including phenoxy) is 1. The third kappa shape index (κ3) is 3.04. The molecule has 0 radical (unpaired) electrons. The summed E-state index contributed by atoms with van der Waals surface area (Å²) >= 11 is 5.77. The highest BCUT2D eigenvalue weighted by atomic mass is 35.5. The van der Waals surface area contributed by atoms with Crippen molar-refractivity contribution in [2.24, 2.45) is 5.84 Å². The van der Waals surface area contributed by atoms with Gasteiger partial charge in [-0.05, 0) is 18.1 Å². The number of methoxy groups -OCH3 is 1. The predicted molar refractivity (Wildman–Crippen MR) is 73.8 cm³/mol. The Morgan fingerprint density at radius 3 is 2.85 bits per heavy atom. The second-order valence-electron chi connectivity index (χ2n) is 4.09. The second-order valence-corrected chi connectivity index (χ2v) is 4.49. The van der Waals surface area contributed by atoms with E-state index in [1.165, 1.54) is 25.6 Å². The number of nitrogens with one attached hydrogen (secondary N) is 1. The molecule has 0 fully saturated rings. The van der Waals surface area contributed by atoms with Crippen molar-refractivity contribution >= 4 is 11.6 Å². The molecule has 7 heteroatoms. The van der Waals surface area contributed by atoms with Gasteiger partial charge in [0.2, 0.25) is 5.88 Å². The normalized spacial score (nSPS) is 12.2. The average Bonchev–Trinajstić information content (AvgIpc) is 2.49. The Morgan fingerprint density at radius 2 is 2.15 bits per heavy atom. The van der Waals surface area contributed by atoms with Crippen molar-refractivity contribution in [3.05, 3.63) is 52.7 Å². The maximum Gasteiger partial charge on any atom is 0.237 e. The highest BCUT2D eigenvalue weighted by Crippen LogP contribution is 2.26. The number of nitrogens with zero attached hydrogens (tertiary/aromatic N) is 2. The molecule has 0 aliphatic carbocycles. The molecule has 1 unspecified atom stereocenters. The fourth-order valence-corrected chi connectivity index (χ4v) is 2.09. The van der Waals surface area contributed by atoms with Crippen LogP contribution in [0.15, 0.2) is 30.6 Å². The Morgan fingerprint density at radius 1 is 1.40 bits per heavy atom. The van der Waals surface area contributed by atoms with Gasteiger partial charge in [0.05, 0.1) is 18.2 Å². The predicted octanol–water partition coefficient (Wildman–Crippen LogP) is 2.02. The van der Waals surface area contributed by atoms with Gasteiger partial charge in [-0.2, -0.15) is 0 Å². The Kier molecular flexibility index (Phi) is 4.84. The van der Waals surface area contributed by atoms with E-state index in [0.29, 0.717) is 17.1 Å². The van der Waals surface area contributed by atoms with Crippen molar-refractivity contribution in [3.8, 4) is 5.88 Å². The first-order valence-electron chi connectivity index (χ1n) is 5.91. The fourth-order valence-electron chi connectivity index (χ4n) is 1.89. The van der Waals surface area contributed by atoms with Crippen molar-refractivity contribution < 1.29 is 9.13 Å². The minimum absolute atomic E-state index is 0.0735. The van der Waals surface area contributed by atoms with Crippen LogP contribution >= 0.6 is 11.6 Å². The van der Waals surface area contributed by atoms with Gasteiger partial charge in [-0.15, -0.1) is 0 Å². The Hall–Kier alpha value is -1.76. The average molecular weight is 297 g/mol. The largest absolute Gasteiger partial charge is 0.480 e. The van der Waals surface area contributed by atoms with Gasteiger partial charge in [0, 0.05) is 12.4 Å². The SMILES string of the molecule is COc1nccnc1C(Cc1cccc(Cl)c1F)NN. The lowest BCUT2D eigenvalue weighted by Gasteiger charge is -2.17. The van der Waals surface area contributed by atoms with E-state index in [-0.39, 0.29) is 11.4 Å². The summed E-state index contributed by atoms with van der Waals surface area (Å²) in [6.07, 6.45) is 3.31. The third-order valence-corrected chi connectivity index (χ3v) is 3.16. The van der Waals surface area contributed by atoms with E-state index in [1.54, 1.807) is 12.1 Å². The van der Waals surface area contributed by atoms with Crippen LogP contribution < -0.4 is 16.0 Å². The summed E-state index contributed by atoms with van der Waals surface area (Å²) in [5, 5.41) is 0.0735. The number of halogens is 2. The summed E-state index contributed by atoms with van der Waals surface area (Å²) in [5.74, 6) is 5.42. The quantitative estimate of drug-likeness (QED) is 0.652. The van der Waals surface area contributed by atoms with Crippen molar-refractivity contribution in [1.29, 1.82) is 0 Å². The van der Waals surface area contributed by atoms with Crippen molar-refractivity contribution in [3.63, 3.8) is 0 Å². The number of hydrogen-bond donors (Lipinski definition) is 2. The minimum atomic E-state index is -0.461. The van der Waals surface area contributed by atoms with Gasteiger partial charge in [-0.3, -0.25) is 16.3 Å². The molecule has 0 bridgehead atoms. The molecule has 1 aromatic heterocycles. The zero-order chi connectivity index (χ0) is 14.5. The van der Waals surface area contributed by atoms with E-state index in [4.69, 9.17) is 22.2 Å². The molecule has 0 aliphatic rings. The fraction of sp³-hybridized carbons (Fsp3) is 0.231. The lowest BCUT2D eigenvalue weighted by Crippen LogP contribution is -2.31. The molecule has 2 aromatic rings. The molecule has 1 heterocycles. The van der Waals surface area contributed by atoms with Crippen LogP contribution in [0.4, 0.5) is 4.39 Å². The first kappa shape index (κ1) is 14.6. The molecule has 1 atom stereocenters. The number of nitrogens with two attached hydrogens (primary N) is 1. The molecule has 0 saturated heterocycles. The van der Waals surface area contributed by atoms with E-state index in [0.717, 1.165) is 0 Å². The van der Waals surface area contributed by atoms with Gasteiger partial charge in [0.25, 0.3) is 0 Å². The first-order chi connectivity index (χ1) is 9.67. The molecule has 2 rings (SSSR count).